The molecule has 0 spiro atoms. The molecule has 3 aliphatic heterocycles. The lowest BCUT2D eigenvalue weighted by Gasteiger charge is -2.33. The van der Waals surface area contributed by atoms with Crippen LogP contribution in [0.15, 0.2) is 59.4 Å². The van der Waals surface area contributed by atoms with Gasteiger partial charge in [0.05, 0.1) is 12.7 Å². The summed E-state index contributed by atoms with van der Waals surface area (Å²) >= 11 is 0. The molecule has 2 aromatic carbocycles. The Morgan fingerprint density at radius 1 is 1.16 bits per heavy atom. The van der Waals surface area contributed by atoms with E-state index in [2.05, 4.69) is 10.3 Å². The summed E-state index contributed by atoms with van der Waals surface area (Å²) in [6, 6.07) is 6.31. The number of aromatic hydroxyl groups is 1. The van der Waals surface area contributed by atoms with Crippen molar-refractivity contribution in [2.45, 2.75) is 12.2 Å². The van der Waals surface area contributed by atoms with Crippen LogP contribution in [0, 0.1) is 11.6 Å². The number of fused-ring (bicyclic) bond motifs is 2. The molecule has 2 N–H and O–H groups in total. The summed E-state index contributed by atoms with van der Waals surface area (Å²) in [6.07, 6.45) is 4.46. The van der Waals surface area contributed by atoms with Crippen molar-refractivity contribution in [1.29, 1.82) is 0 Å². The molecular formula is C22H19F2N3O4. The minimum Gasteiger partial charge on any atom is -0.505 e. The first-order chi connectivity index (χ1) is 15.1. The lowest BCUT2D eigenvalue weighted by Crippen LogP contribution is -2.43. The molecule has 3 heterocycles. The number of methoxy groups -OCH3 is 1. The molecule has 7 nitrogen and oxygen atoms in total. The Hall–Kier alpha value is -3.75. The Morgan fingerprint density at radius 2 is 1.97 bits per heavy atom. The number of hydrogen-bond donors (Lipinski definition) is 2. The van der Waals surface area contributed by atoms with E-state index in [1.54, 1.807) is 41.3 Å². The number of allylic oxidation sites excluding steroid dienone is 2. The molecule has 160 valence electrons. The number of halogens is 2. The van der Waals surface area contributed by atoms with Gasteiger partial charge in [0, 0.05) is 11.8 Å². The lowest BCUT2D eigenvalue weighted by atomic mass is 10.0. The van der Waals surface area contributed by atoms with Crippen LogP contribution in [0.1, 0.15) is 11.6 Å². The summed E-state index contributed by atoms with van der Waals surface area (Å²) in [5, 5.41) is 13.1. The maximum Gasteiger partial charge on any atom is 0.196 e. The van der Waals surface area contributed by atoms with E-state index < -0.39 is 29.6 Å². The minimum absolute atomic E-state index is 0.333. The van der Waals surface area contributed by atoms with Gasteiger partial charge in [0.2, 0.25) is 0 Å². The fraction of sp³-hybridized carbons (Fsp3) is 0.227. The normalized spacial score (nSPS) is 21.3. The molecule has 2 unspecified atom stereocenters. The molecular weight excluding hydrogens is 408 g/mol. The summed E-state index contributed by atoms with van der Waals surface area (Å²) in [5.41, 5.74) is 0.308. The minimum atomic E-state index is -1.05. The molecule has 31 heavy (non-hydrogen) atoms. The Bertz CT molecular complexity index is 1130. The molecule has 0 fully saturated rings. The summed E-state index contributed by atoms with van der Waals surface area (Å²) in [5.74, 6) is -0.359. The van der Waals surface area contributed by atoms with Crippen LogP contribution < -0.4 is 14.8 Å². The SMILES string of the molecule is COC1=CC=CC2=NC(c3c(F)ccc(O)c3F)C(Nc3ccc4c(c3)OCCO4)N12. The molecule has 0 saturated heterocycles. The van der Waals surface area contributed by atoms with Crippen molar-refractivity contribution in [1.82, 2.24) is 4.90 Å². The van der Waals surface area contributed by atoms with Crippen LogP contribution in [0.2, 0.25) is 0 Å². The van der Waals surface area contributed by atoms with E-state index in [0.29, 0.717) is 42.1 Å². The van der Waals surface area contributed by atoms with Crippen molar-refractivity contribution in [3.05, 3.63) is 71.6 Å². The van der Waals surface area contributed by atoms with Crippen LogP contribution in [0.5, 0.6) is 17.2 Å². The summed E-state index contributed by atoms with van der Waals surface area (Å²) in [4.78, 5) is 6.24. The number of aliphatic imine (C=N–C) groups is 1. The molecule has 2 atom stereocenters. The first-order valence-electron chi connectivity index (χ1n) is 9.69. The highest BCUT2D eigenvalue weighted by Crippen LogP contribution is 2.41. The van der Waals surface area contributed by atoms with Crippen molar-refractivity contribution in [2.75, 3.05) is 25.6 Å². The summed E-state index contributed by atoms with van der Waals surface area (Å²) < 4.78 is 46.2. The number of amidine groups is 1. The number of phenols is 1. The monoisotopic (exact) mass is 427 g/mol. The fourth-order valence-corrected chi connectivity index (χ4v) is 3.89. The third kappa shape index (κ3) is 3.22. The zero-order chi connectivity index (χ0) is 21.5. The van der Waals surface area contributed by atoms with E-state index in [1.165, 1.54) is 7.11 Å². The van der Waals surface area contributed by atoms with Gasteiger partial charge < -0.3 is 24.6 Å². The van der Waals surface area contributed by atoms with Crippen molar-refractivity contribution in [3.8, 4) is 17.2 Å². The maximum atomic E-state index is 14.8. The number of nitrogens with one attached hydrogen (secondary N) is 1. The third-order valence-electron chi connectivity index (χ3n) is 5.28. The Balaban J connectivity index is 1.57. The van der Waals surface area contributed by atoms with Crippen molar-refractivity contribution in [3.63, 3.8) is 0 Å². The van der Waals surface area contributed by atoms with E-state index in [4.69, 9.17) is 14.2 Å². The molecule has 0 aromatic heterocycles. The summed E-state index contributed by atoms with van der Waals surface area (Å²) in [7, 11) is 1.51. The van der Waals surface area contributed by atoms with Crippen LogP contribution in [0.4, 0.5) is 14.5 Å². The van der Waals surface area contributed by atoms with Gasteiger partial charge >= 0.3 is 0 Å². The van der Waals surface area contributed by atoms with Gasteiger partial charge in [0.1, 0.15) is 37.1 Å². The average Bonchev–Trinajstić information content (AvgIpc) is 3.14. The summed E-state index contributed by atoms with van der Waals surface area (Å²) in [6.45, 7) is 0.906. The Kier molecular flexibility index (Phi) is 4.65. The second kappa shape index (κ2) is 7.50. The first kappa shape index (κ1) is 19.2. The van der Waals surface area contributed by atoms with Gasteiger partial charge in [-0.15, -0.1) is 0 Å². The molecule has 2 aromatic rings. The smallest absolute Gasteiger partial charge is 0.196 e. The van der Waals surface area contributed by atoms with Crippen LogP contribution in [0.3, 0.4) is 0 Å². The predicted octanol–water partition coefficient (Wildman–Crippen LogP) is 3.69. The van der Waals surface area contributed by atoms with Crippen molar-refractivity contribution < 1.29 is 28.1 Å². The first-order valence-corrected chi connectivity index (χ1v) is 9.69. The molecule has 0 saturated carbocycles. The molecule has 0 amide bonds. The van der Waals surface area contributed by atoms with Gasteiger partial charge in [-0.2, -0.15) is 0 Å². The third-order valence-corrected chi connectivity index (χ3v) is 5.28. The van der Waals surface area contributed by atoms with Crippen molar-refractivity contribution in [2.24, 2.45) is 4.99 Å². The van der Waals surface area contributed by atoms with E-state index in [9.17, 15) is 13.9 Å². The van der Waals surface area contributed by atoms with Gasteiger partial charge in [0.15, 0.2) is 28.9 Å². The maximum absolute atomic E-state index is 14.8. The quantitative estimate of drug-likeness (QED) is 0.775. The van der Waals surface area contributed by atoms with Gasteiger partial charge in [-0.05, 0) is 36.4 Å². The Labute approximate surface area is 176 Å². The standard InChI is InChI=1S/C22H19F2N3O4/c1-29-18-4-2-3-17-26-21(19-13(23)6-7-14(28)20(19)24)22(27(17)18)25-12-5-8-15-16(11-12)31-10-9-30-15/h2-8,11,21-22,25,28H,9-10H2,1H3. The largest absolute Gasteiger partial charge is 0.505 e. The van der Waals surface area contributed by atoms with Crippen LogP contribution in [-0.4, -0.2) is 42.3 Å². The number of nitrogens with zero attached hydrogens (tertiary/aromatic N) is 2. The predicted molar refractivity (Wildman–Crippen MR) is 109 cm³/mol. The zero-order valence-corrected chi connectivity index (χ0v) is 16.5. The van der Waals surface area contributed by atoms with Gasteiger partial charge in [-0.1, -0.05) is 6.08 Å². The van der Waals surface area contributed by atoms with E-state index in [-0.39, 0.29) is 5.56 Å². The second-order valence-corrected chi connectivity index (χ2v) is 7.11. The lowest BCUT2D eigenvalue weighted by molar-refractivity contribution is 0.171. The van der Waals surface area contributed by atoms with Crippen LogP contribution in [-0.2, 0) is 4.74 Å². The average molecular weight is 427 g/mol. The van der Waals surface area contributed by atoms with E-state index in [0.717, 1.165) is 12.1 Å². The highest BCUT2D eigenvalue weighted by molar-refractivity contribution is 5.97. The van der Waals surface area contributed by atoms with Gasteiger partial charge in [0.25, 0.3) is 0 Å². The molecule has 9 heteroatoms. The van der Waals surface area contributed by atoms with Gasteiger partial charge in [-0.3, -0.25) is 9.89 Å². The number of anilines is 1. The number of rotatable bonds is 4. The van der Waals surface area contributed by atoms with Crippen LogP contribution in [0.25, 0.3) is 0 Å². The fourth-order valence-electron chi connectivity index (χ4n) is 3.89. The Morgan fingerprint density at radius 3 is 2.77 bits per heavy atom. The topological polar surface area (TPSA) is 75.5 Å². The van der Waals surface area contributed by atoms with E-state index >= 15 is 0 Å². The molecule has 3 aliphatic rings. The molecule has 0 bridgehead atoms. The zero-order valence-electron chi connectivity index (χ0n) is 16.5. The van der Waals surface area contributed by atoms with E-state index in [1.807, 2.05) is 0 Å². The highest BCUT2D eigenvalue weighted by atomic mass is 19.1. The molecule has 0 radical (unpaired) electrons. The number of benzene rings is 2. The molecule has 0 aliphatic carbocycles. The van der Waals surface area contributed by atoms with Crippen molar-refractivity contribution >= 4 is 11.5 Å². The number of ether oxygens (including phenoxy) is 3. The highest BCUT2D eigenvalue weighted by Gasteiger charge is 2.42. The second-order valence-electron chi connectivity index (χ2n) is 7.11. The van der Waals surface area contributed by atoms with Gasteiger partial charge in [-0.25, -0.2) is 8.78 Å². The number of hydrogen-bond acceptors (Lipinski definition) is 7. The number of phenolic OH excluding ortho intramolecular Hbond substituents is 1. The van der Waals surface area contributed by atoms with Crippen LogP contribution >= 0.6 is 0 Å². The molecule has 5 rings (SSSR count).